The highest BCUT2D eigenvalue weighted by molar-refractivity contribution is 5.95. The highest BCUT2D eigenvalue weighted by Gasteiger charge is 2.23. The number of benzene rings is 4. The molecule has 0 aliphatic heterocycles. The number of carboxylic acids is 1. The molecule has 0 unspecified atom stereocenters. The summed E-state index contributed by atoms with van der Waals surface area (Å²) < 4.78 is 0. The predicted octanol–water partition coefficient (Wildman–Crippen LogP) is 7.13. The molecule has 0 saturated heterocycles. The van der Waals surface area contributed by atoms with Crippen molar-refractivity contribution in [1.29, 1.82) is 0 Å². The molecule has 0 spiro atoms. The average Bonchev–Trinajstić information content (AvgIpc) is 3.89. The normalized spacial score (nSPS) is 13.7. The van der Waals surface area contributed by atoms with Crippen LogP contribution in [-0.4, -0.2) is 33.2 Å². The van der Waals surface area contributed by atoms with E-state index in [1.54, 1.807) is 60.7 Å². The van der Waals surface area contributed by atoms with Crippen LogP contribution in [0.2, 0.25) is 0 Å². The lowest BCUT2D eigenvalue weighted by atomic mass is 10.0. The summed E-state index contributed by atoms with van der Waals surface area (Å²) >= 11 is 0. The van der Waals surface area contributed by atoms with Gasteiger partial charge in [-0.1, -0.05) is 68.3 Å². The molecule has 2 fully saturated rings. The van der Waals surface area contributed by atoms with Crippen LogP contribution in [-0.2, 0) is 0 Å². The summed E-state index contributed by atoms with van der Waals surface area (Å²) in [6.45, 7) is 2.28. The second-order valence-electron chi connectivity index (χ2n) is 9.98. The third-order valence-electron chi connectivity index (χ3n) is 6.46. The topological polar surface area (TPSA) is 107 Å². The maximum atomic E-state index is 11.8. The first-order chi connectivity index (χ1) is 18.8. The zero-order chi connectivity index (χ0) is 27.8. The van der Waals surface area contributed by atoms with E-state index in [0.29, 0.717) is 11.6 Å². The van der Waals surface area contributed by atoms with E-state index in [2.05, 4.69) is 12.2 Å². The molecule has 4 aromatic rings. The van der Waals surface area contributed by atoms with Gasteiger partial charge in [0.1, 0.15) is 11.5 Å². The Kier molecular flexibility index (Phi) is 9.00. The van der Waals surface area contributed by atoms with Gasteiger partial charge >= 0.3 is 5.97 Å². The summed E-state index contributed by atoms with van der Waals surface area (Å²) in [6, 6.07) is 28.3. The minimum absolute atomic E-state index is 0.000226. The first-order valence-corrected chi connectivity index (χ1v) is 13.1. The molecule has 0 radical (unpaired) electrons. The minimum atomic E-state index is -0.933. The van der Waals surface area contributed by atoms with Crippen molar-refractivity contribution in [3.8, 4) is 33.8 Å². The average molecular weight is 524 g/mol. The number of aromatic hydroxyl groups is 2. The third-order valence-corrected chi connectivity index (χ3v) is 6.46. The first kappa shape index (κ1) is 27.5. The molecular formula is C33H33NO5. The van der Waals surface area contributed by atoms with E-state index in [1.807, 2.05) is 36.4 Å². The molecule has 6 heteroatoms. The molecule has 0 aromatic heterocycles. The van der Waals surface area contributed by atoms with Crippen molar-refractivity contribution >= 4 is 11.9 Å². The molecule has 200 valence electrons. The molecule has 4 aromatic carbocycles. The molecule has 0 heterocycles. The van der Waals surface area contributed by atoms with Gasteiger partial charge in [-0.15, -0.1) is 0 Å². The fourth-order valence-electron chi connectivity index (χ4n) is 3.59. The molecule has 4 N–H and O–H groups in total. The van der Waals surface area contributed by atoms with Crippen LogP contribution >= 0.6 is 0 Å². The third kappa shape index (κ3) is 8.75. The number of phenolic OH excluding ortho intramolecular Hbond substituents is 2. The van der Waals surface area contributed by atoms with Crippen LogP contribution < -0.4 is 5.32 Å². The summed E-state index contributed by atoms with van der Waals surface area (Å²) in [6.07, 6.45) is 5.16. The Morgan fingerprint density at radius 3 is 1.23 bits per heavy atom. The standard InChI is InChI=1S/C16H15NO2.C13H10O3.C4H8/c18-15-9-5-12(6-10-15)11-1-3-13(4-2-11)16(19)17-14-7-8-14;14-12-7-5-10(6-8-12)9-1-3-11(4-2-9)13(15)16;1-4-2-3-4/h1-6,9-10,14,18H,7-8H2,(H,17,19);1-8,14H,(H,15,16);4H,2-3H2,1H3. The number of amides is 1. The number of nitrogens with one attached hydrogen (secondary N) is 1. The van der Waals surface area contributed by atoms with Crippen LogP contribution in [0.5, 0.6) is 11.5 Å². The van der Waals surface area contributed by atoms with Crippen LogP contribution in [0.4, 0.5) is 0 Å². The number of carbonyl (C=O) groups excluding carboxylic acids is 1. The number of carboxylic acid groups (broad SMARTS) is 1. The fourth-order valence-corrected chi connectivity index (χ4v) is 3.59. The van der Waals surface area contributed by atoms with E-state index in [-0.39, 0.29) is 23.0 Å². The Labute approximate surface area is 228 Å². The van der Waals surface area contributed by atoms with Gasteiger partial charge < -0.3 is 20.6 Å². The number of phenols is 2. The van der Waals surface area contributed by atoms with Gasteiger partial charge in [0.05, 0.1) is 5.56 Å². The van der Waals surface area contributed by atoms with Gasteiger partial charge in [0.15, 0.2) is 0 Å². The number of carbonyl (C=O) groups is 2. The van der Waals surface area contributed by atoms with Gasteiger partial charge in [0, 0.05) is 11.6 Å². The molecule has 6 rings (SSSR count). The second kappa shape index (κ2) is 12.8. The quantitative estimate of drug-likeness (QED) is 0.223. The van der Waals surface area contributed by atoms with Gasteiger partial charge in [0.25, 0.3) is 5.91 Å². The smallest absolute Gasteiger partial charge is 0.335 e. The van der Waals surface area contributed by atoms with E-state index in [9.17, 15) is 14.7 Å². The summed E-state index contributed by atoms with van der Waals surface area (Å²) in [7, 11) is 0. The van der Waals surface area contributed by atoms with Gasteiger partial charge in [-0.2, -0.15) is 0 Å². The molecule has 0 atom stereocenters. The van der Waals surface area contributed by atoms with Crippen molar-refractivity contribution in [1.82, 2.24) is 5.32 Å². The molecule has 2 saturated carbocycles. The first-order valence-electron chi connectivity index (χ1n) is 13.1. The van der Waals surface area contributed by atoms with E-state index < -0.39 is 5.97 Å². The van der Waals surface area contributed by atoms with Gasteiger partial charge in [-0.25, -0.2) is 4.79 Å². The van der Waals surface area contributed by atoms with Gasteiger partial charge in [-0.3, -0.25) is 4.79 Å². The van der Waals surface area contributed by atoms with Crippen LogP contribution in [0.1, 0.15) is 53.3 Å². The lowest BCUT2D eigenvalue weighted by Crippen LogP contribution is -2.25. The highest BCUT2D eigenvalue weighted by Crippen LogP contribution is 2.27. The number of hydrogen-bond donors (Lipinski definition) is 4. The monoisotopic (exact) mass is 523 g/mol. The molecule has 39 heavy (non-hydrogen) atoms. The number of hydrogen-bond acceptors (Lipinski definition) is 4. The molecule has 1 amide bonds. The highest BCUT2D eigenvalue weighted by atomic mass is 16.4. The number of rotatable bonds is 5. The zero-order valence-corrected chi connectivity index (χ0v) is 21.9. The van der Waals surface area contributed by atoms with Crippen molar-refractivity contribution in [2.75, 3.05) is 0 Å². The predicted molar refractivity (Wildman–Crippen MR) is 153 cm³/mol. The summed E-state index contributed by atoms with van der Waals surface area (Å²) in [4.78, 5) is 22.5. The van der Waals surface area contributed by atoms with Crippen LogP contribution in [0.15, 0.2) is 97.1 Å². The molecular weight excluding hydrogens is 490 g/mol. The molecule has 2 aliphatic carbocycles. The van der Waals surface area contributed by atoms with Crippen molar-refractivity contribution < 1.29 is 24.9 Å². The SMILES string of the molecule is CC1CC1.O=C(NC1CC1)c1ccc(-c2ccc(O)cc2)cc1.O=C(O)c1ccc(-c2ccc(O)cc2)cc1. The van der Waals surface area contributed by atoms with E-state index in [4.69, 9.17) is 10.2 Å². The molecule has 2 aliphatic rings. The fraction of sp³-hybridized carbons (Fsp3) is 0.212. The number of aromatic carboxylic acids is 1. The van der Waals surface area contributed by atoms with Crippen molar-refractivity contribution in [2.45, 2.75) is 38.6 Å². The molecule has 0 bridgehead atoms. The van der Waals surface area contributed by atoms with E-state index in [1.165, 1.54) is 12.8 Å². The Morgan fingerprint density at radius 1 is 0.590 bits per heavy atom. The van der Waals surface area contributed by atoms with Gasteiger partial charge in [0.2, 0.25) is 0 Å². The Morgan fingerprint density at radius 2 is 0.923 bits per heavy atom. The van der Waals surface area contributed by atoms with Crippen LogP contribution in [0.25, 0.3) is 22.3 Å². The summed E-state index contributed by atoms with van der Waals surface area (Å²) in [5, 5.41) is 30.1. The summed E-state index contributed by atoms with van der Waals surface area (Å²) in [5.41, 5.74) is 4.87. The molecule has 6 nitrogen and oxygen atoms in total. The Balaban J connectivity index is 0.000000160. The van der Waals surface area contributed by atoms with E-state index in [0.717, 1.165) is 41.0 Å². The maximum Gasteiger partial charge on any atom is 0.335 e. The lowest BCUT2D eigenvalue weighted by Gasteiger charge is -2.05. The lowest BCUT2D eigenvalue weighted by molar-refractivity contribution is 0.0696. The Bertz CT molecular complexity index is 1370. The largest absolute Gasteiger partial charge is 0.508 e. The van der Waals surface area contributed by atoms with E-state index >= 15 is 0 Å². The van der Waals surface area contributed by atoms with Crippen molar-refractivity contribution in [3.05, 3.63) is 108 Å². The summed E-state index contributed by atoms with van der Waals surface area (Å²) in [5.74, 6) is 0.618. The maximum absolute atomic E-state index is 11.8. The van der Waals surface area contributed by atoms with Crippen molar-refractivity contribution in [3.63, 3.8) is 0 Å². The zero-order valence-electron chi connectivity index (χ0n) is 21.9. The van der Waals surface area contributed by atoms with Crippen LogP contribution in [0.3, 0.4) is 0 Å². The second-order valence-corrected chi connectivity index (χ2v) is 9.98. The van der Waals surface area contributed by atoms with Gasteiger partial charge in [-0.05, 0) is 89.5 Å². The minimum Gasteiger partial charge on any atom is -0.508 e. The Hall–Kier alpha value is -4.58. The van der Waals surface area contributed by atoms with Crippen molar-refractivity contribution in [2.24, 2.45) is 5.92 Å². The van der Waals surface area contributed by atoms with Crippen LogP contribution in [0, 0.1) is 5.92 Å².